The maximum absolute atomic E-state index is 12.7. The third kappa shape index (κ3) is 5.98. The van der Waals surface area contributed by atoms with Crippen molar-refractivity contribution in [3.8, 4) is 0 Å². The standard InChI is InChI=1S/C21H37N3O3/c1-8-9-15(2)20(3,4)17(22)14-18(25)23-19(26)21(5,6)24(7)16-10-12-27-13-11-16/h8,15-16,22H,1,9-14H2,2-7H3,(H,23,25,26). The van der Waals surface area contributed by atoms with Gasteiger partial charge in [-0.2, -0.15) is 0 Å². The van der Waals surface area contributed by atoms with Crippen LogP contribution in [-0.4, -0.2) is 54.3 Å². The van der Waals surface area contributed by atoms with Crippen LogP contribution in [0.2, 0.25) is 0 Å². The van der Waals surface area contributed by atoms with Crippen molar-refractivity contribution in [3.63, 3.8) is 0 Å². The van der Waals surface area contributed by atoms with E-state index in [4.69, 9.17) is 10.1 Å². The van der Waals surface area contributed by atoms with Crippen molar-refractivity contribution < 1.29 is 14.3 Å². The number of imide groups is 1. The lowest BCUT2D eigenvalue weighted by Gasteiger charge is -2.41. The number of amides is 2. The Labute approximate surface area is 164 Å². The molecule has 1 unspecified atom stereocenters. The van der Waals surface area contributed by atoms with Crippen LogP contribution in [0.1, 0.15) is 60.3 Å². The van der Waals surface area contributed by atoms with Crippen LogP contribution in [-0.2, 0) is 14.3 Å². The number of carbonyl (C=O) groups is 2. The molecule has 154 valence electrons. The molecule has 1 aliphatic rings. The summed E-state index contributed by atoms with van der Waals surface area (Å²) in [5, 5.41) is 10.8. The summed E-state index contributed by atoms with van der Waals surface area (Å²) in [6.45, 7) is 14.8. The Morgan fingerprint density at radius 3 is 2.37 bits per heavy atom. The third-order valence-corrected chi connectivity index (χ3v) is 6.30. The minimum Gasteiger partial charge on any atom is -0.381 e. The number of rotatable bonds is 9. The van der Waals surface area contributed by atoms with Crippen LogP contribution in [0.25, 0.3) is 0 Å². The summed E-state index contributed by atoms with van der Waals surface area (Å²) in [7, 11) is 1.92. The van der Waals surface area contributed by atoms with E-state index in [1.54, 1.807) is 0 Å². The lowest BCUT2D eigenvalue weighted by atomic mass is 9.73. The Morgan fingerprint density at radius 2 is 1.85 bits per heavy atom. The van der Waals surface area contributed by atoms with E-state index < -0.39 is 16.9 Å². The van der Waals surface area contributed by atoms with Gasteiger partial charge in [0, 0.05) is 30.4 Å². The maximum Gasteiger partial charge on any atom is 0.246 e. The van der Waals surface area contributed by atoms with E-state index in [1.165, 1.54) is 0 Å². The minimum atomic E-state index is -0.814. The van der Waals surface area contributed by atoms with Gasteiger partial charge < -0.3 is 10.1 Å². The Balaban J connectivity index is 2.67. The molecule has 0 bridgehead atoms. The molecule has 1 rings (SSSR count). The minimum absolute atomic E-state index is 0.0721. The van der Waals surface area contributed by atoms with E-state index in [0.29, 0.717) is 18.9 Å². The predicted octanol–water partition coefficient (Wildman–Crippen LogP) is 3.17. The van der Waals surface area contributed by atoms with Crippen LogP contribution in [0, 0.1) is 16.7 Å². The molecule has 0 aliphatic carbocycles. The van der Waals surface area contributed by atoms with E-state index in [0.717, 1.165) is 19.3 Å². The molecule has 0 saturated carbocycles. The molecule has 1 heterocycles. The molecule has 6 nitrogen and oxygen atoms in total. The molecule has 0 aromatic carbocycles. The molecule has 27 heavy (non-hydrogen) atoms. The summed E-state index contributed by atoms with van der Waals surface area (Å²) in [5.74, 6) is -0.550. The SMILES string of the molecule is C=CCC(C)C(C)(C)C(=N)CC(=O)NC(=O)C(C)(C)N(C)C1CCOCC1. The molecule has 1 saturated heterocycles. The highest BCUT2D eigenvalue weighted by Gasteiger charge is 2.38. The fourth-order valence-corrected chi connectivity index (χ4v) is 3.24. The van der Waals surface area contributed by atoms with Crippen molar-refractivity contribution in [2.24, 2.45) is 11.3 Å². The molecule has 1 atom stereocenters. The van der Waals surface area contributed by atoms with Gasteiger partial charge in [0.2, 0.25) is 11.8 Å². The molecule has 2 amide bonds. The topological polar surface area (TPSA) is 82.5 Å². The summed E-state index contributed by atoms with van der Waals surface area (Å²) < 4.78 is 5.39. The fraction of sp³-hybridized carbons (Fsp3) is 0.762. The third-order valence-electron chi connectivity index (χ3n) is 6.30. The molecule has 1 fully saturated rings. The Hall–Kier alpha value is -1.53. The molecule has 1 aliphatic heterocycles. The van der Waals surface area contributed by atoms with Crippen LogP contribution in [0.15, 0.2) is 12.7 Å². The number of carbonyl (C=O) groups excluding carboxylic acids is 2. The zero-order valence-corrected chi connectivity index (χ0v) is 17.9. The van der Waals surface area contributed by atoms with Gasteiger partial charge in [-0.25, -0.2) is 0 Å². The number of likely N-dealkylation sites (N-methyl/N-ethyl adjacent to an activating group) is 1. The smallest absolute Gasteiger partial charge is 0.246 e. The Morgan fingerprint density at radius 1 is 1.30 bits per heavy atom. The van der Waals surface area contributed by atoms with Crippen LogP contribution >= 0.6 is 0 Å². The van der Waals surface area contributed by atoms with E-state index in [1.807, 2.05) is 52.6 Å². The normalized spacial score (nSPS) is 17.4. The van der Waals surface area contributed by atoms with Gasteiger partial charge in [-0.05, 0) is 46.1 Å². The maximum atomic E-state index is 12.7. The van der Waals surface area contributed by atoms with Crippen molar-refractivity contribution in [1.29, 1.82) is 5.41 Å². The van der Waals surface area contributed by atoms with Crippen LogP contribution in [0.3, 0.4) is 0 Å². The van der Waals surface area contributed by atoms with Gasteiger partial charge in [0.15, 0.2) is 0 Å². The van der Waals surface area contributed by atoms with Crippen LogP contribution in [0.5, 0.6) is 0 Å². The molecule has 0 aromatic rings. The van der Waals surface area contributed by atoms with E-state index in [9.17, 15) is 9.59 Å². The molecule has 6 heteroatoms. The first-order chi connectivity index (χ1) is 12.4. The number of allylic oxidation sites excluding steroid dienone is 1. The molecule has 2 N–H and O–H groups in total. The predicted molar refractivity (Wildman–Crippen MR) is 109 cm³/mol. The van der Waals surface area contributed by atoms with Gasteiger partial charge in [-0.1, -0.05) is 26.8 Å². The number of hydrogen-bond donors (Lipinski definition) is 2. The van der Waals surface area contributed by atoms with Gasteiger partial charge in [0.25, 0.3) is 0 Å². The average molecular weight is 380 g/mol. The number of hydrogen-bond acceptors (Lipinski definition) is 5. The second kappa shape index (κ2) is 9.60. The fourth-order valence-electron chi connectivity index (χ4n) is 3.24. The summed E-state index contributed by atoms with van der Waals surface area (Å²) in [6.07, 6.45) is 4.29. The van der Waals surface area contributed by atoms with E-state index in [-0.39, 0.29) is 24.3 Å². The monoisotopic (exact) mass is 379 g/mol. The molecule has 0 spiro atoms. The average Bonchev–Trinajstić information content (AvgIpc) is 2.61. The van der Waals surface area contributed by atoms with Crippen molar-refractivity contribution in [1.82, 2.24) is 10.2 Å². The second-order valence-corrected chi connectivity index (χ2v) is 8.69. The second-order valence-electron chi connectivity index (χ2n) is 8.69. The Bertz CT molecular complexity index is 563. The lowest BCUT2D eigenvalue weighted by Crippen LogP contribution is -2.58. The quantitative estimate of drug-likeness (QED) is 0.476. The summed E-state index contributed by atoms with van der Waals surface area (Å²) in [5.41, 5.74) is -0.910. The van der Waals surface area contributed by atoms with Gasteiger partial charge in [0.1, 0.15) is 0 Å². The van der Waals surface area contributed by atoms with Gasteiger partial charge in [0.05, 0.1) is 12.0 Å². The number of nitrogens with zero attached hydrogens (tertiary/aromatic N) is 1. The van der Waals surface area contributed by atoms with Crippen LogP contribution in [0.4, 0.5) is 0 Å². The number of nitrogens with one attached hydrogen (secondary N) is 2. The summed E-state index contributed by atoms with van der Waals surface area (Å²) in [6, 6.07) is 0.256. The highest BCUT2D eigenvalue weighted by Crippen LogP contribution is 2.32. The highest BCUT2D eigenvalue weighted by molar-refractivity contribution is 6.08. The van der Waals surface area contributed by atoms with Crippen molar-refractivity contribution in [2.45, 2.75) is 71.9 Å². The summed E-state index contributed by atoms with van der Waals surface area (Å²) in [4.78, 5) is 27.2. The molecular formula is C21H37N3O3. The summed E-state index contributed by atoms with van der Waals surface area (Å²) >= 11 is 0. The lowest BCUT2D eigenvalue weighted by molar-refractivity contribution is -0.138. The first kappa shape index (κ1) is 23.5. The van der Waals surface area contributed by atoms with E-state index >= 15 is 0 Å². The number of ether oxygens (including phenoxy) is 1. The first-order valence-corrected chi connectivity index (χ1v) is 9.78. The zero-order valence-electron chi connectivity index (χ0n) is 17.9. The zero-order chi connectivity index (χ0) is 20.8. The molecule has 0 aromatic heterocycles. The highest BCUT2D eigenvalue weighted by atomic mass is 16.5. The van der Waals surface area contributed by atoms with Crippen molar-refractivity contribution in [2.75, 3.05) is 20.3 Å². The Kier molecular flexibility index (Phi) is 8.36. The van der Waals surface area contributed by atoms with Gasteiger partial charge >= 0.3 is 0 Å². The van der Waals surface area contributed by atoms with Gasteiger partial charge in [-0.15, -0.1) is 6.58 Å². The van der Waals surface area contributed by atoms with Gasteiger partial charge in [-0.3, -0.25) is 19.8 Å². The van der Waals surface area contributed by atoms with E-state index in [2.05, 4.69) is 11.9 Å². The van der Waals surface area contributed by atoms with Crippen molar-refractivity contribution in [3.05, 3.63) is 12.7 Å². The molecular weight excluding hydrogens is 342 g/mol. The van der Waals surface area contributed by atoms with Crippen LogP contribution < -0.4 is 5.32 Å². The molecule has 0 radical (unpaired) electrons. The van der Waals surface area contributed by atoms with Crippen molar-refractivity contribution >= 4 is 17.5 Å². The largest absolute Gasteiger partial charge is 0.381 e. The first-order valence-electron chi connectivity index (χ1n) is 9.78.